The second-order valence-corrected chi connectivity index (χ2v) is 2.13. The molecule has 45 valence electrons. The summed E-state index contributed by atoms with van der Waals surface area (Å²) in [7, 11) is 0. The molecular formula is C7H11O. The van der Waals surface area contributed by atoms with Crippen molar-refractivity contribution in [1.29, 1.82) is 0 Å². The summed E-state index contributed by atoms with van der Waals surface area (Å²) in [5, 5.41) is 0. The SMILES string of the molecule is C=CCC1C[CH]OC1. The van der Waals surface area contributed by atoms with Gasteiger partial charge in [-0.15, -0.1) is 6.58 Å². The second kappa shape index (κ2) is 2.88. The van der Waals surface area contributed by atoms with Gasteiger partial charge in [-0.05, 0) is 18.8 Å². The van der Waals surface area contributed by atoms with Crippen LogP contribution >= 0.6 is 0 Å². The Morgan fingerprint density at radius 1 is 1.88 bits per heavy atom. The summed E-state index contributed by atoms with van der Waals surface area (Å²) >= 11 is 0. The molecule has 0 aromatic rings. The van der Waals surface area contributed by atoms with Gasteiger partial charge in [-0.2, -0.15) is 0 Å². The topological polar surface area (TPSA) is 9.23 Å². The first-order chi connectivity index (χ1) is 3.93. The van der Waals surface area contributed by atoms with Crippen LogP contribution in [0.2, 0.25) is 0 Å². The fourth-order valence-electron chi connectivity index (χ4n) is 0.876. The Labute approximate surface area is 50.3 Å². The lowest BCUT2D eigenvalue weighted by Gasteiger charge is -1.98. The zero-order valence-electron chi connectivity index (χ0n) is 4.97. The third-order valence-electron chi connectivity index (χ3n) is 1.38. The Bertz CT molecular complexity index is 72.5. The lowest BCUT2D eigenvalue weighted by molar-refractivity contribution is 0.234. The highest BCUT2D eigenvalue weighted by Gasteiger charge is 2.13. The Balaban J connectivity index is 2.14. The van der Waals surface area contributed by atoms with E-state index in [1.54, 1.807) is 0 Å². The van der Waals surface area contributed by atoms with Crippen molar-refractivity contribution in [3.8, 4) is 0 Å². The zero-order valence-corrected chi connectivity index (χ0v) is 4.97. The minimum Gasteiger partial charge on any atom is -0.375 e. The summed E-state index contributed by atoms with van der Waals surface area (Å²) in [6.07, 6.45) is 4.15. The maximum absolute atomic E-state index is 5.04. The molecule has 1 heteroatoms. The van der Waals surface area contributed by atoms with E-state index in [0.717, 1.165) is 19.4 Å². The average Bonchev–Trinajstić information content (AvgIpc) is 2.19. The predicted octanol–water partition coefficient (Wildman–Crippen LogP) is 1.76. The summed E-state index contributed by atoms with van der Waals surface area (Å²) in [6, 6.07) is 0. The minimum atomic E-state index is 0.715. The molecule has 0 aromatic heterocycles. The minimum absolute atomic E-state index is 0.715. The van der Waals surface area contributed by atoms with E-state index in [0.29, 0.717) is 5.92 Å². The molecule has 1 unspecified atom stereocenters. The summed E-state index contributed by atoms with van der Waals surface area (Å²) < 4.78 is 5.04. The molecular weight excluding hydrogens is 100 g/mol. The molecule has 0 spiro atoms. The lowest BCUT2D eigenvalue weighted by Crippen LogP contribution is -1.95. The molecule has 0 N–H and O–H groups in total. The monoisotopic (exact) mass is 111 g/mol. The molecule has 1 rings (SSSR count). The molecule has 8 heavy (non-hydrogen) atoms. The molecule has 0 aromatic carbocycles. The van der Waals surface area contributed by atoms with Crippen molar-refractivity contribution < 1.29 is 4.74 Å². The van der Waals surface area contributed by atoms with Crippen LogP contribution in [0.25, 0.3) is 0 Å². The van der Waals surface area contributed by atoms with E-state index in [4.69, 9.17) is 4.74 Å². The van der Waals surface area contributed by atoms with Gasteiger partial charge in [0.1, 0.15) is 0 Å². The highest BCUT2D eigenvalue weighted by molar-refractivity contribution is 4.78. The fraction of sp³-hybridized carbons (Fsp3) is 0.571. The number of hydrogen-bond acceptors (Lipinski definition) is 1. The Kier molecular flexibility index (Phi) is 2.10. The summed E-state index contributed by atoms with van der Waals surface area (Å²) in [6.45, 7) is 6.43. The maximum atomic E-state index is 5.04. The van der Waals surface area contributed by atoms with Gasteiger partial charge < -0.3 is 4.74 Å². The largest absolute Gasteiger partial charge is 0.375 e. The zero-order chi connectivity index (χ0) is 5.82. The van der Waals surface area contributed by atoms with Gasteiger partial charge in [-0.1, -0.05) is 6.08 Å². The summed E-state index contributed by atoms with van der Waals surface area (Å²) in [4.78, 5) is 0. The van der Waals surface area contributed by atoms with Crippen molar-refractivity contribution in [1.82, 2.24) is 0 Å². The molecule has 0 saturated carbocycles. The number of hydrogen-bond donors (Lipinski definition) is 0. The van der Waals surface area contributed by atoms with Gasteiger partial charge in [-0.3, -0.25) is 0 Å². The Morgan fingerprint density at radius 2 is 2.75 bits per heavy atom. The van der Waals surface area contributed by atoms with Gasteiger partial charge >= 0.3 is 0 Å². The lowest BCUT2D eigenvalue weighted by atomic mass is 10.1. The maximum Gasteiger partial charge on any atom is 0.0840 e. The molecule has 0 amide bonds. The quantitative estimate of drug-likeness (QED) is 0.493. The number of allylic oxidation sites excluding steroid dienone is 1. The smallest absolute Gasteiger partial charge is 0.0840 e. The van der Waals surface area contributed by atoms with Crippen LogP contribution in [0.4, 0.5) is 0 Å². The van der Waals surface area contributed by atoms with Crippen molar-refractivity contribution in [2.75, 3.05) is 6.61 Å². The van der Waals surface area contributed by atoms with Crippen LogP contribution in [0.3, 0.4) is 0 Å². The van der Waals surface area contributed by atoms with Gasteiger partial charge in [0.05, 0.1) is 13.2 Å². The van der Waals surface area contributed by atoms with E-state index < -0.39 is 0 Å². The standard InChI is InChI=1S/C7H11O/c1-2-3-7-4-5-8-6-7/h2,5,7H,1,3-4,6H2. The summed E-state index contributed by atoms with van der Waals surface area (Å²) in [5.41, 5.74) is 0. The first kappa shape index (κ1) is 5.83. The van der Waals surface area contributed by atoms with Crippen molar-refractivity contribution >= 4 is 0 Å². The number of ether oxygens (including phenoxy) is 1. The van der Waals surface area contributed by atoms with E-state index in [1.165, 1.54) is 0 Å². The average molecular weight is 111 g/mol. The molecule has 1 nitrogen and oxygen atoms in total. The van der Waals surface area contributed by atoms with Crippen molar-refractivity contribution in [2.24, 2.45) is 5.92 Å². The van der Waals surface area contributed by atoms with Crippen LogP contribution in [0, 0.1) is 12.5 Å². The molecule has 1 atom stereocenters. The van der Waals surface area contributed by atoms with Crippen LogP contribution in [-0.4, -0.2) is 6.61 Å². The Hall–Kier alpha value is -0.300. The van der Waals surface area contributed by atoms with Crippen LogP contribution in [0.5, 0.6) is 0 Å². The van der Waals surface area contributed by atoms with E-state index >= 15 is 0 Å². The van der Waals surface area contributed by atoms with E-state index in [2.05, 4.69) is 6.58 Å². The molecule has 1 radical (unpaired) electrons. The highest BCUT2D eigenvalue weighted by Crippen LogP contribution is 2.18. The molecule has 1 saturated heterocycles. The van der Waals surface area contributed by atoms with Crippen LogP contribution in [0.15, 0.2) is 12.7 Å². The molecule has 0 bridgehead atoms. The van der Waals surface area contributed by atoms with Crippen LogP contribution < -0.4 is 0 Å². The van der Waals surface area contributed by atoms with Gasteiger partial charge in [0.2, 0.25) is 0 Å². The molecule has 1 fully saturated rings. The van der Waals surface area contributed by atoms with Gasteiger partial charge in [0.25, 0.3) is 0 Å². The van der Waals surface area contributed by atoms with Crippen LogP contribution in [0.1, 0.15) is 12.8 Å². The normalized spacial score (nSPS) is 28.2. The molecule has 1 aliphatic heterocycles. The second-order valence-electron chi connectivity index (χ2n) is 2.13. The molecule has 0 aliphatic carbocycles. The van der Waals surface area contributed by atoms with Crippen molar-refractivity contribution in [2.45, 2.75) is 12.8 Å². The van der Waals surface area contributed by atoms with Gasteiger partial charge in [0.15, 0.2) is 0 Å². The summed E-state index contributed by atoms with van der Waals surface area (Å²) in [5.74, 6) is 0.715. The third kappa shape index (κ3) is 1.34. The van der Waals surface area contributed by atoms with E-state index in [9.17, 15) is 0 Å². The molecule has 1 aliphatic rings. The van der Waals surface area contributed by atoms with Gasteiger partial charge in [0, 0.05) is 0 Å². The van der Waals surface area contributed by atoms with E-state index in [1.807, 2.05) is 12.7 Å². The van der Waals surface area contributed by atoms with Crippen molar-refractivity contribution in [3.05, 3.63) is 19.3 Å². The Morgan fingerprint density at radius 3 is 3.25 bits per heavy atom. The fourth-order valence-corrected chi connectivity index (χ4v) is 0.876. The third-order valence-corrected chi connectivity index (χ3v) is 1.38. The highest BCUT2D eigenvalue weighted by atomic mass is 16.5. The van der Waals surface area contributed by atoms with Crippen molar-refractivity contribution in [3.63, 3.8) is 0 Å². The first-order valence-electron chi connectivity index (χ1n) is 2.97. The van der Waals surface area contributed by atoms with Gasteiger partial charge in [-0.25, -0.2) is 0 Å². The van der Waals surface area contributed by atoms with Crippen LogP contribution in [-0.2, 0) is 4.74 Å². The molecule has 1 heterocycles. The first-order valence-corrected chi connectivity index (χ1v) is 2.97. The van der Waals surface area contributed by atoms with E-state index in [-0.39, 0.29) is 0 Å². The predicted molar refractivity (Wildman–Crippen MR) is 33.2 cm³/mol. The number of rotatable bonds is 2.